The third-order valence-electron chi connectivity index (χ3n) is 6.21. The zero-order valence-corrected chi connectivity index (χ0v) is 21.8. The van der Waals surface area contributed by atoms with Crippen LogP contribution in [0.1, 0.15) is 42.1 Å². The summed E-state index contributed by atoms with van der Waals surface area (Å²) in [5.41, 5.74) is 2.52. The quantitative estimate of drug-likeness (QED) is 0.550. The number of halogens is 2. The van der Waals surface area contributed by atoms with E-state index in [1.165, 1.54) is 6.26 Å². The highest BCUT2D eigenvalue weighted by atomic mass is 35.5. The summed E-state index contributed by atoms with van der Waals surface area (Å²) < 4.78 is 29.0. The minimum absolute atomic E-state index is 0.0739. The summed E-state index contributed by atoms with van der Waals surface area (Å²) in [6.07, 6.45) is 5.66. The Morgan fingerprint density at radius 2 is 2.03 bits per heavy atom. The number of aromatic nitrogens is 2. The molecule has 2 amide bonds. The average Bonchev–Trinajstić information content (AvgIpc) is 2.83. The van der Waals surface area contributed by atoms with Crippen LogP contribution in [0.2, 0.25) is 10.0 Å². The van der Waals surface area contributed by atoms with Crippen LogP contribution in [0.4, 0.5) is 10.7 Å². The summed E-state index contributed by atoms with van der Waals surface area (Å²) in [5, 5.41) is 7.08. The molecule has 1 atom stereocenters. The molecule has 9 nitrogen and oxygen atoms in total. The standard InChI is InChI=1S/C23H29Cl2N5O4S/c1-35(32,33)11-7-20(15-2-3-18(24)19(25)12-15)29-23(31)30-8-4-16-13-26-22(28-21(16)14-30)27-17-5-9-34-10-6-17/h2-3,12-13,17,20H,4-11,14H2,1H3,(H,29,31)(H,26,27,28)/t20-/m1/s1. The fourth-order valence-electron chi connectivity index (χ4n) is 4.19. The molecule has 1 aromatic carbocycles. The van der Waals surface area contributed by atoms with Gasteiger partial charge in [0.2, 0.25) is 5.95 Å². The van der Waals surface area contributed by atoms with Crippen molar-refractivity contribution in [2.24, 2.45) is 0 Å². The Hall–Kier alpha value is -2.14. The number of carbonyl (C=O) groups is 1. The predicted molar refractivity (Wildman–Crippen MR) is 136 cm³/mol. The average molecular weight is 542 g/mol. The van der Waals surface area contributed by atoms with Gasteiger partial charge in [-0.05, 0) is 48.9 Å². The Bertz CT molecular complexity index is 1170. The normalized spacial score (nSPS) is 17.5. The van der Waals surface area contributed by atoms with Gasteiger partial charge in [-0.15, -0.1) is 0 Å². The van der Waals surface area contributed by atoms with Crippen LogP contribution in [-0.4, -0.2) is 67.1 Å². The number of nitrogens with one attached hydrogen (secondary N) is 2. The van der Waals surface area contributed by atoms with Crippen LogP contribution in [0.25, 0.3) is 0 Å². The molecule has 2 aliphatic heterocycles. The van der Waals surface area contributed by atoms with E-state index in [0.29, 0.717) is 41.1 Å². The molecule has 2 aromatic rings. The van der Waals surface area contributed by atoms with Crippen molar-refractivity contribution in [3.63, 3.8) is 0 Å². The molecule has 1 fully saturated rings. The molecule has 0 unspecified atom stereocenters. The van der Waals surface area contributed by atoms with Gasteiger partial charge >= 0.3 is 6.03 Å². The van der Waals surface area contributed by atoms with Crippen molar-refractivity contribution in [2.45, 2.75) is 44.3 Å². The molecule has 0 radical (unpaired) electrons. The van der Waals surface area contributed by atoms with Gasteiger partial charge in [0.05, 0.1) is 34.1 Å². The van der Waals surface area contributed by atoms with Crippen molar-refractivity contribution >= 4 is 45.0 Å². The number of benzene rings is 1. The number of amides is 2. The summed E-state index contributed by atoms with van der Waals surface area (Å²) >= 11 is 12.2. The Labute approximate surface area is 215 Å². The van der Waals surface area contributed by atoms with Crippen molar-refractivity contribution in [3.05, 3.63) is 51.3 Å². The smallest absolute Gasteiger partial charge is 0.318 e. The lowest BCUT2D eigenvalue weighted by Gasteiger charge is -2.31. The zero-order valence-electron chi connectivity index (χ0n) is 19.5. The van der Waals surface area contributed by atoms with E-state index in [0.717, 1.165) is 37.3 Å². The van der Waals surface area contributed by atoms with Crippen LogP contribution in [0, 0.1) is 0 Å². The molecule has 4 rings (SSSR count). The Balaban J connectivity index is 1.45. The van der Waals surface area contributed by atoms with Crippen LogP contribution in [-0.2, 0) is 27.5 Å². The van der Waals surface area contributed by atoms with Gasteiger partial charge in [0.15, 0.2) is 0 Å². The van der Waals surface area contributed by atoms with Gasteiger partial charge in [-0.3, -0.25) is 0 Å². The molecule has 1 saturated heterocycles. The molecule has 0 bridgehead atoms. The van der Waals surface area contributed by atoms with Gasteiger partial charge in [-0.1, -0.05) is 29.3 Å². The van der Waals surface area contributed by atoms with Crippen LogP contribution in [0.5, 0.6) is 0 Å². The lowest BCUT2D eigenvalue weighted by Crippen LogP contribution is -2.44. The first kappa shape index (κ1) is 25.9. The molecular formula is C23H29Cl2N5O4S. The Morgan fingerprint density at radius 1 is 1.26 bits per heavy atom. The van der Waals surface area contributed by atoms with E-state index in [1.54, 1.807) is 23.1 Å². The van der Waals surface area contributed by atoms with Crippen molar-refractivity contribution in [1.82, 2.24) is 20.2 Å². The second-order valence-corrected chi connectivity index (χ2v) is 12.0. The van der Waals surface area contributed by atoms with Crippen molar-refractivity contribution < 1.29 is 17.9 Å². The largest absolute Gasteiger partial charge is 0.381 e. The minimum Gasteiger partial charge on any atom is -0.381 e. The highest BCUT2D eigenvalue weighted by Gasteiger charge is 2.26. The third-order valence-corrected chi connectivity index (χ3v) is 7.92. The second-order valence-electron chi connectivity index (χ2n) is 8.96. The first-order valence-corrected chi connectivity index (χ1v) is 14.4. The molecule has 0 saturated carbocycles. The van der Waals surface area contributed by atoms with Gasteiger partial charge in [0.1, 0.15) is 9.84 Å². The molecular weight excluding hydrogens is 513 g/mol. The number of carbonyl (C=O) groups excluding carboxylic acids is 1. The number of hydrogen-bond donors (Lipinski definition) is 2. The molecule has 3 heterocycles. The maximum absolute atomic E-state index is 13.2. The van der Waals surface area contributed by atoms with Crippen LogP contribution in [0.15, 0.2) is 24.4 Å². The number of fused-ring (bicyclic) bond motifs is 1. The molecule has 2 aliphatic rings. The van der Waals surface area contributed by atoms with Gasteiger partial charge in [0.25, 0.3) is 0 Å². The van der Waals surface area contributed by atoms with Gasteiger partial charge in [-0.2, -0.15) is 0 Å². The fourth-order valence-corrected chi connectivity index (χ4v) is 5.16. The topological polar surface area (TPSA) is 114 Å². The van der Waals surface area contributed by atoms with E-state index in [2.05, 4.69) is 20.6 Å². The monoisotopic (exact) mass is 541 g/mol. The number of hydrogen-bond acceptors (Lipinski definition) is 7. The second kappa shape index (κ2) is 11.3. The molecule has 0 spiro atoms. The first-order chi connectivity index (χ1) is 16.7. The van der Waals surface area contributed by atoms with Crippen LogP contribution < -0.4 is 10.6 Å². The number of sulfone groups is 1. The maximum atomic E-state index is 13.2. The van der Waals surface area contributed by atoms with Gasteiger partial charge in [0, 0.05) is 38.3 Å². The number of nitrogens with zero attached hydrogens (tertiary/aromatic N) is 3. The predicted octanol–water partition coefficient (Wildman–Crippen LogP) is 3.62. The molecule has 2 N–H and O–H groups in total. The molecule has 0 aliphatic carbocycles. The highest BCUT2D eigenvalue weighted by molar-refractivity contribution is 7.90. The van der Waals surface area contributed by atoms with E-state index >= 15 is 0 Å². The Kier molecular flexibility index (Phi) is 8.36. The zero-order chi connectivity index (χ0) is 25.0. The van der Waals surface area contributed by atoms with Gasteiger partial charge < -0.3 is 20.3 Å². The summed E-state index contributed by atoms with van der Waals surface area (Å²) in [6.45, 7) is 2.28. The number of ether oxygens (including phenoxy) is 1. The van der Waals surface area contributed by atoms with E-state index in [4.69, 9.17) is 27.9 Å². The molecule has 35 heavy (non-hydrogen) atoms. The number of anilines is 1. The highest BCUT2D eigenvalue weighted by Crippen LogP contribution is 2.28. The summed E-state index contributed by atoms with van der Waals surface area (Å²) in [4.78, 5) is 24.0. The van der Waals surface area contributed by atoms with E-state index in [9.17, 15) is 13.2 Å². The number of urea groups is 1. The SMILES string of the molecule is CS(=O)(=O)CC[C@@H](NC(=O)N1CCc2cnc(NC3CCOCC3)nc2C1)c1ccc(Cl)c(Cl)c1. The maximum Gasteiger partial charge on any atom is 0.318 e. The fraction of sp³-hybridized carbons (Fsp3) is 0.522. The van der Waals surface area contributed by atoms with E-state index < -0.39 is 15.9 Å². The minimum atomic E-state index is -3.22. The van der Waals surface area contributed by atoms with Crippen molar-refractivity contribution in [3.8, 4) is 0 Å². The summed E-state index contributed by atoms with van der Waals surface area (Å²) in [5.74, 6) is 0.481. The third kappa shape index (κ3) is 7.19. The van der Waals surface area contributed by atoms with Crippen LogP contribution in [0.3, 0.4) is 0 Å². The summed E-state index contributed by atoms with van der Waals surface area (Å²) in [6, 6.07) is 4.48. The lowest BCUT2D eigenvalue weighted by atomic mass is 10.0. The summed E-state index contributed by atoms with van der Waals surface area (Å²) in [7, 11) is -3.22. The number of rotatable bonds is 7. The molecule has 1 aromatic heterocycles. The van der Waals surface area contributed by atoms with Crippen LogP contribution >= 0.6 is 23.2 Å². The lowest BCUT2D eigenvalue weighted by molar-refractivity contribution is 0.0903. The van der Waals surface area contributed by atoms with E-state index in [-0.39, 0.29) is 24.2 Å². The van der Waals surface area contributed by atoms with Crippen molar-refractivity contribution in [1.29, 1.82) is 0 Å². The van der Waals surface area contributed by atoms with Crippen molar-refractivity contribution in [2.75, 3.05) is 37.1 Å². The molecule has 12 heteroatoms. The molecule has 190 valence electrons. The van der Waals surface area contributed by atoms with E-state index in [1.807, 2.05) is 6.20 Å². The Morgan fingerprint density at radius 3 is 2.74 bits per heavy atom. The first-order valence-electron chi connectivity index (χ1n) is 11.5. The van der Waals surface area contributed by atoms with Gasteiger partial charge in [-0.25, -0.2) is 23.2 Å².